The molecular weight excluding hydrogens is 396 g/mol. The highest BCUT2D eigenvalue weighted by Crippen LogP contribution is 2.26. The maximum absolute atomic E-state index is 12.2. The molecule has 0 aliphatic heterocycles. The largest absolute Gasteiger partial charge is 0.490 e. The summed E-state index contributed by atoms with van der Waals surface area (Å²) in [6, 6.07) is 13.6. The highest BCUT2D eigenvalue weighted by atomic mass is 79.9. The number of carbonyl (C=O) groups is 1. The quantitative estimate of drug-likeness (QED) is 0.514. The fourth-order valence-corrected chi connectivity index (χ4v) is 3.73. The normalized spacial score (nSPS) is 11.1. The fourth-order valence-electron chi connectivity index (χ4n) is 2.07. The zero-order chi connectivity index (χ0) is 17.6. The van der Waals surface area contributed by atoms with Gasteiger partial charge in [0.25, 0.3) is 0 Å². The number of sulfone groups is 1. The predicted octanol–water partition coefficient (Wildman–Crippen LogP) is 3.37. The van der Waals surface area contributed by atoms with Gasteiger partial charge in [0.2, 0.25) is 0 Å². The molecule has 24 heavy (non-hydrogen) atoms. The Kier molecular flexibility index (Phi) is 6.39. The Labute approximate surface area is 149 Å². The third kappa shape index (κ3) is 5.65. The Hall–Kier alpha value is -1.86. The lowest BCUT2D eigenvalue weighted by Gasteiger charge is -2.10. The summed E-state index contributed by atoms with van der Waals surface area (Å²) in [5, 5.41) is 0. The fraction of sp³-hybridized carbons (Fsp3) is 0.235. The van der Waals surface area contributed by atoms with E-state index in [2.05, 4.69) is 15.9 Å². The Morgan fingerprint density at radius 2 is 1.79 bits per heavy atom. The Morgan fingerprint density at radius 3 is 2.46 bits per heavy atom. The molecule has 0 radical (unpaired) electrons. The topological polar surface area (TPSA) is 69.7 Å². The first-order chi connectivity index (χ1) is 11.4. The van der Waals surface area contributed by atoms with Gasteiger partial charge in [-0.2, -0.15) is 0 Å². The SMILES string of the molecule is CCOc1ccccc1OC(=O)CS(=O)(=O)Cc1cccc(Br)c1. The second-order valence-electron chi connectivity index (χ2n) is 5.02. The number of ether oxygens (including phenoxy) is 2. The Balaban J connectivity index is 2.03. The van der Waals surface area contributed by atoms with Crippen molar-refractivity contribution in [1.29, 1.82) is 0 Å². The van der Waals surface area contributed by atoms with Crippen molar-refractivity contribution in [2.24, 2.45) is 0 Å². The van der Waals surface area contributed by atoms with Crippen molar-refractivity contribution in [3.8, 4) is 11.5 Å². The predicted molar refractivity (Wildman–Crippen MR) is 94.9 cm³/mol. The first-order valence-corrected chi connectivity index (χ1v) is 9.88. The molecule has 0 spiro atoms. The second kappa shape index (κ2) is 8.30. The molecule has 0 heterocycles. The van der Waals surface area contributed by atoms with Crippen LogP contribution in [0.4, 0.5) is 0 Å². The van der Waals surface area contributed by atoms with Crippen molar-refractivity contribution in [3.05, 3.63) is 58.6 Å². The van der Waals surface area contributed by atoms with Gasteiger partial charge in [-0.05, 0) is 36.8 Å². The summed E-state index contributed by atoms with van der Waals surface area (Å²) in [7, 11) is -3.63. The van der Waals surface area contributed by atoms with Gasteiger partial charge >= 0.3 is 5.97 Å². The third-order valence-electron chi connectivity index (χ3n) is 2.99. The van der Waals surface area contributed by atoms with Crippen LogP contribution < -0.4 is 9.47 Å². The van der Waals surface area contributed by atoms with Crippen LogP contribution in [0.2, 0.25) is 0 Å². The van der Waals surface area contributed by atoms with Crippen molar-refractivity contribution < 1.29 is 22.7 Å². The van der Waals surface area contributed by atoms with Gasteiger partial charge in [0.1, 0.15) is 5.75 Å². The molecule has 0 aromatic heterocycles. The summed E-state index contributed by atoms with van der Waals surface area (Å²) in [4.78, 5) is 12.0. The molecule has 0 bridgehead atoms. The summed E-state index contributed by atoms with van der Waals surface area (Å²) in [6.45, 7) is 2.22. The smallest absolute Gasteiger partial charge is 0.326 e. The molecule has 0 N–H and O–H groups in total. The van der Waals surface area contributed by atoms with Crippen LogP contribution in [-0.2, 0) is 20.4 Å². The lowest BCUT2D eigenvalue weighted by molar-refractivity contribution is -0.131. The van der Waals surface area contributed by atoms with Crippen LogP contribution in [0.25, 0.3) is 0 Å². The van der Waals surface area contributed by atoms with E-state index in [0.717, 1.165) is 4.47 Å². The van der Waals surface area contributed by atoms with Crippen molar-refractivity contribution in [2.45, 2.75) is 12.7 Å². The second-order valence-corrected chi connectivity index (χ2v) is 8.00. The van der Waals surface area contributed by atoms with Gasteiger partial charge in [-0.25, -0.2) is 8.42 Å². The lowest BCUT2D eigenvalue weighted by atomic mass is 10.2. The van der Waals surface area contributed by atoms with Crippen molar-refractivity contribution in [2.75, 3.05) is 12.4 Å². The van der Waals surface area contributed by atoms with Crippen LogP contribution in [0, 0.1) is 0 Å². The van der Waals surface area contributed by atoms with E-state index in [1.165, 1.54) is 0 Å². The molecule has 0 saturated heterocycles. The number of esters is 1. The third-order valence-corrected chi connectivity index (χ3v) is 4.93. The molecule has 128 valence electrons. The van der Waals surface area contributed by atoms with E-state index in [-0.39, 0.29) is 11.5 Å². The Bertz CT molecular complexity index is 817. The van der Waals surface area contributed by atoms with E-state index in [9.17, 15) is 13.2 Å². The molecule has 2 aromatic carbocycles. The molecule has 0 aliphatic carbocycles. The molecule has 2 aromatic rings. The average Bonchev–Trinajstić information content (AvgIpc) is 2.48. The van der Waals surface area contributed by atoms with Crippen LogP contribution in [0.15, 0.2) is 53.0 Å². The van der Waals surface area contributed by atoms with Gasteiger partial charge < -0.3 is 9.47 Å². The van der Waals surface area contributed by atoms with Crippen molar-refractivity contribution >= 4 is 31.7 Å². The number of para-hydroxylation sites is 2. The molecular formula is C17H17BrO5S. The van der Waals surface area contributed by atoms with E-state index in [0.29, 0.717) is 17.9 Å². The summed E-state index contributed by atoms with van der Waals surface area (Å²) >= 11 is 3.29. The first kappa shape index (κ1) is 18.5. The number of carbonyl (C=O) groups excluding carboxylic acids is 1. The minimum absolute atomic E-state index is 0.210. The molecule has 0 saturated carbocycles. The highest BCUT2D eigenvalue weighted by Gasteiger charge is 2.20. The molecule has 0 atom stereocenters. The molecule has 7 heteroatoms. The van der Waals surface area contributed by atoms with Crippen LogP contribution in [0.5, 0.6) is 11.5 Å². The van der Waals surface area contributed by atoms with Gasteiger partial charge in [0.05, 0.1) is 12.4 Å². The molecule has 5 nitrogen and oxygen atoms in total. The minimum Gasteiger partial charge on any atom is -0.490 e. The Morgan fingerprint density at radius 1 is 1.08 bits per heavy atom. The van der Waals surface area contributed by atoms with Gasteiger partial charge in [-0.3, -0.25) is 4.79 Å². The number of hydrogen-bond donors (Lipinski definition) is 0. The van der Waals surface area contributed by atoms with E-state index < -0.39 is 21.6 Å². The van der Waals surface area contributed by atoms with Gasteiger partial charge in [0.15, 0.2) is 21.3 Å². The van der Waals surface area contributed by atoms with Crippen LogP contribution in [0.3, 0.4) is 0 Å². The zero-order valence-corrected chi connectivity index (χ0v) is 15.5. The lowest BCUT2D eigenvalue weighted by Crippen LogP contribution is -2.22. The molecule has 0 amide bonds. The number of hydrogen-bond acceptors (Lipinski definition) is 5. The standard InChI is InChI=1S/C17H17BrO5S/c1-2-22-15-8-3-4-9-16(15)23-17(19)12-24(20,21)11-13-6-5-7-14(18)10-13/h3-10H,2,11-12H2,1H3. The number of benzene rings is 2. The summed E-state index contributed by atoms with van der Waals surface area (Å²) in [5.74, 6) is -1.15. The van der Waals surface area contributed by atoms with E-state index in [1.54, 1.807) is 55.5 Å². The van der Waals surface area contributed by atoms with Gasteiger partial charge in [0, 0.05) is 4.47 Å². The van der Waals surface area contributed by atoms with Gasteiger partial charge in [-0.15, -0.1) is 0 Å². The maximum atomic E-state index is 12.2. The van der Waals surface area contributed by atoms with E-state index in [1.807, 2.05) is 0 Å². The first-order valence-electron chi connectivity index (χ1n) is 7.27. The summed E-state index contributed by atoms with van der Waals surface area (Å²) in [6.07, 6.45) is 0. The molecule has 0 fully saturated rings. The van der Waals surface area contributed by atoms with Crippen molar-refractivity contribution in [1.82, 2.24) is 0 Å². The van der Waals surface area contributed by atoms with Crippen LogP contribution >= 0.6 is 15.9 Å². The van der Waals surface area contributed by atoms with E-state index in [4.69, 9.17) is 9.47 Å². The molecule has 0 aliphatic rings. The molecule has 2 rings (SSSR count). The minimum atomic E-state index is -3.63. The summed E-state index contributed by atoms with van der Waals surface area (Å²) < 4.78 is 35.6. The molecule has 0 unspecified atom stereocenters. The van der Waals surface area contributed by atoms with Crippen LogP contribution in [-0.4, -0.2) is 26.7 Å². The summed E-state index contributed by atoms with van der Waals surface area (Å²) in [5.41, 5.74) is 0.604. The number of rotatable bonds is 7. The van der Waals surface area contributed by atoms with Gasteiger partial charge in [-0.1, -0.05) is 40.2 Å². The van der Waals surface area contributed by atoms with Crippen molar-refractivity contribution in [3.63, 3.8) is 0 Å². The monoisotopic (exact) mass is 412 g/mol. The zero-order valence-electron chi connectivity index (χ0n) is 13.1. The highest BCUT2D eigenvalue weighted by molar-refractivity contribution is 9.10. The maximum Gasteiger partial charge on any atom is 0.326 e. The average molecular weight is 413 g/mol. The number of halogens is 1. The van der Waals surface area contributed by atoms with Crippen LogP contribution in [0.1, 0.15) is 12.5 Å². The van der Waals surface area contributed by atoms with E-state index >= 15 is 0 Å².